The van der Waals surface area contributed by atoms with Gasteiger partial charge in [0.05, 0.1) is 26.4 Å². The zero-order valence-corrected chi connectivity index (χ0v) is 15.0. The molecule has 27 heavy (non-hydrogen) atoms. The molecule has 0 saturated carbocycles. The first kappa shape index (κ1) is 18.4. The smallest absolute Gasteiger partial charge is 0.338 e. The fraction of sp³-hybridized carbons (Fsp3) is 0.263. The van der Waals surface area contributed by atoms with Gasteiger partial charge in [-0.25, -0.2) is 4.79 Å². The number of carbonyl (C=O) groups is 1. The number of nitrogens with zero attached hydrogens (tertiary/aromatic N) is 3. The van der Waals surface area contributed by atoms with Gasteiger partial charge < -0.3 is 18.7 Å². The number of aromatic nitrogens is 3. The van der Waals surface area contributed by atoms with Crippen molar-refractivity contribution in [3.8, 4) is 22.9 Å². The summed E-state index contributed by atoms with van der Waals surface area (Å²) in [5.74, 6) is 1.56. The largest absolute Gasteiger partial charge is 0.497 e. The van der Waals surface area contributed by atoms with Crippen molar-refractivity contribution in [1.82, 2.24) is 15.1 Å². The van der Waals surface area contributed by atoms with E-state index in [9.17, 15) is 4.79 Å². The van der Waals surface area contributed by atoms with Crippen LogP contribution in [0.15, 0.2) is 47.2 Å². The average Bonchev–Trinajstić information content (AvgIpc) is 3.20. The number of rotatable bonds is 8. The molecule has 0 spiro atoms. The molecule has 0 aliphatic rings. The lowest BCUT2D eigenvalue weighted by Gasteiger charge is -2.08. The molecule has 3 aromatic rings. The summed E-state index contributed by atoms with van der Waals surface area (Å²) in [7, 11) is 3.04. The van der Waals surface area contributed by atoms with Crippen LogP contribution in [0.3, 0.4) is 0 Å². The summed E-state index contributed by atoms with van der Waals surface area (Å²) in [6, 6.07) is 8.54. The van der Waals surface area contributed by atoms with E-state index in [1.165, 1.54) is 14.2 Å². The first-order chi connectivity index (χ1) is 13.2. The maximum Gasteiger partial charge on any atom is 0.338 e. The van der Waals surface area contributed by atoms with E-state index in [2.05, 4.69) is 15.1 Å². The summed E-state index contributed by atoms with van der Waals surface area (Å²) in [6.07, 6.45) is 4.40. The number of methoxy groups -OCH3 is 2. The molecule has 8 heteroatoms. The van der Waals surface area contributed by atoms with Crippen molar-refractivity contribution >= 4 is 5.97 Å². The molecule has 8 nitrogen and oxygen atoms in total. The Balaban J connectivity index is 1.50. The van der Waals surface area contributed by atoms with Crippen LogP contribution >= 0.6 is 0 Å². The Bertz CT molecular complexity index is 873. The molecular weight excluding hydrogens is 350 g/mol. The number of aryl methyl sites for hydroxylation is 1. The van der Waals surface area contributed by atoms with Crippen molar-refractivity contribution in [2.45, 2.75) is 12.8 Å². The lowest BCUT2D eigenvalue weighted by Crippen LogP contribution is -2.08. The highest BCUT2D eigenvalue weighted by molar-refractivity contribution is 5.90. The predicted octanol–water partition coefficient (Wildman–Crippen LogP) is 2.94. The second-order valence-corrected chi connectivity index (χ2v) is 5.59. The number of carbonyl (C=O) groups excluding carboxylic acids is 1. The maximum atomic E-state index is 12.2. The summed E-state index contributed by atoms with van der Waals surface area (Å²) in [4.78, 5) is 20.5. The second-order valence-electron chi connectivity index (χ2n) is 5.59. The molecule has 140 valence electrons. The highest BCUT2D eigenvalue weighted by atomic mass is 16.5. The number of hydrogen-bond donors (Lipinski definition) is 0. The van der Waals surface area contributed by atoms with Crippen molar-refractivity contribution in [2.75, 3.05) is 20.8 Å². The highest BCUT2D eigenvalue weighted by Gasteiger charge is 2.12. The lowest BCUT2D eigenvalue weighted by molar-refractivity contribution is 0.0497. The minimum absolute atomic E-state index is 0.225. The fourth-order valence-electron chi connectivity index (χ4n) is 2.37. The predicted molar refractivity (Wildman–Crippen MR) is 95.7 cm³/mol. The molecule has 0 N–H and O–H groups in total. The van der Waals surface area contributed by atoms with Gasteiger partial charge in [-0.3, -0.25) is 4.98 Å². The quantitative estimate of drug-likeness (QED) is 0.442. The normalized spacial score (nSPS) is 10.4. The number of hydrogen-bond acceptors (Lipinski definition) is 8. The Labute approximate surface area is 156 Å². The van der Waals surface area contributed by atoms with Crippen LogP contribution in [0.4, 0.5) is 0 Å². The molecule has 0 bridgehead atoms. The van der Waals surface area contributed by atoms with Crippen molar-refractivity contribution in [2.24, 2.45) is 0 Å². The fourth-order valence-corrected chi connectivity index (χ4v) is 2.37. The molecule has 0 unspecified atom stereocenters. The maximum absolute atomic E-state index is 12.2. The number of benzene rings is 1. The standard InChI is InChI=1S/C19H19N3O5/c1-24-15-9-14(10-16(11-15)25-2)19(23)26-8-4-6-17-21-18(22-27-17)13-5-3-7-20-12-13/h3,5,7,9-12H,4,6,8H2,1-2H3. The summed E-state index contributed by atoms with van der Waals surface area (Å²) < 4.78 is 20.8. The summed E-state index contributed by atoms with van der Waals surface area (Å²) >= 11 is 0. The van der Waals surface area contributed by atoms with Crippen LogP contribution < -0.4 is 9.47 Å². The van der Waals surface area contributed by atoms with Crippen LogP contribution in [0.25, 0.3) is 11.4 Å². The molecule has 0 radical (unpaired) electrons. The molecule has 1 aromatic carbocycles. The third-order valence-corrected chi connectivity index (χ3v) is 3.74. The third kappa shape index (κ3) is 4.81. The highest BCUT2D eigenvalue weighted by Crippen LogP contribution is 2.23. The monoisotopic (exact) mass is 369 g/mol. The van der Waals surface area contributed by atoms with Gasteiger partial charge in [0, 0.05) is 30.4 Å². The topological polar surface area (TPSA) is 96.6 Å². The SMILES string of the molecule is COc1cc(OC)cc(C(=O)OCCCc2nc(-c3cccnc3)no2)c1. The van der Waals surface area contributed by atoms with Gasteiger partial charge in [0.25, 0.3) is 0 Å². The van der Waals surface area contributed by atoms with Gasteiger partial charge in [0.15, 0.2) is 0 Å². The Kier molecular flexibility index (Phi) is 5.98. The van der Waals surface area contributed by atoms with E-state index < -0.39 is 5.97 Å². The Morgan fingerprint density at radius 1 is 1.15 bits per heavy atom. The summed E-state index contributed by atoms with van der Waals surface area (Å²) in [5.41, 5.74) is 1.15. The van der Waals surface area contributed by atoms with E-state index in [-0.39, 0.29) is 6.61 Å². The van der Waals surface area contributed by atoms with Gasteiger partial charge in [0.1, 0.15) is 11.5 Å². The molecule has 0 aliphatic heterocycles. The van der Waals surface area contributed by atoms with Gasteiger partial charge >= 0.3 is 5.97 Å². The van der Waals surface area contributed by atoms with Gasteiger partial charge in [-0.1, -0.05) is 5.16 Å². The van der Waals surface area contributed by atoms with E-state index in [1.807, 2.05) is 6.07 Å². The molecule has 0 aliphatic carbocycles. The van der Waals surface area contributed by atoms with Crippen molar-refractivity contribution in [1.29, 1.82) is 0 Å². The van der Waals surface area contributed by atoms with Crippen LogP contribution in [-0.2, 0) is 11.2 Å². The zero-order chi connectivity index (χ0) is 19.1. The molecule has 0 amide bonds. The van der Waals surface area contributed by atoms with Gasteiger partial charge in [0.2, 0.25) is 11.7 Å². The third-order valence-electron chi connectivity index (χ3n) is 3.74. The van der Waals surface area contributed by atoms with Crippen LogP contribution in [-0.4, -0.2) is 41.9 Å². The zero-order valence-electron chi connectivity index (χ0n) is 15.0. The number of esters is 1. The summed E-state index contributed by atoms with van der Waals surface area (Å²) in [6.45, 7) is 0.225. The molecule has 0 atom stereocenters. The minimum Gasteiger partial charge on any atom is -0.497 e. The van der Waals surface area contributed by atoms with Crippen LogP contribution in [0.2, 0.25) is 0 Å². The van der Waals surface area contributed by atoms with Crippen molar-refractivity contribution in [3.63, 3.8) is 0 Å². The van der Waals surface area contributed by atoms with E-state index in [1.54, 1.807) is 36.7 Å². The number of pyridine rings is 1. The average molecular weight is 369 g/mol. The molecule has 3 rings (SSSR count). The second kappa shape index (κ2) is 8.79. The molecular formula is C19H19N3O5. The molecule has 2 heterocycles. The van der Waals surface area contributed by atoms with E-state index >= 15 is 0 Å². The van der Waals surface area contributed by atoms with Gasteiger partial charge in [-0.2, -0.15) is 4.98 Å². The van der Waals surface area contributed by atoms with Crippen molar-refractivity contribution in [3.05, 3.63) is 54.2 Å². The first-order valence-electron chi connectivity index (χ1n) is 8.33. The first-order valence-corrected chi connectivity index (χ1v) is 8.33. The van der Waals surface area contributed by atoms with Gasteiger partial charge in [-0.15, -0.1) is 0 Å². The Hall–Kier alpha value is -3.42. The summed E-state index contributed by atoms with van der Waals surface area (Å²) in [5, 5.41) is 3.92. The Morgan fingerprint density at radius 2 is 1.93 bits per heavy atom. The van der Waals surface area contributed by atoms with E-state index in [0.717, 1.165) is 5.56 Å². The minimum atomic E-state index is -0.450. The van der Waals surface area contributed by atoms with Crippen molar-refractivity contribution < 1.29 is 23.5 Å². The Morgan fingerprint density at radius 3 is 2.59 bits per heavy atom. The molecule has 2 aromatic heterocycles. The van der Waals surface area contributed by atoms with Crippen LogP contribution in [0.1, 0.15) is 22.7 Å². The molecule has 0 saturated heterocycles. The van der Waals surface area contributed by atoms with E-state index in [4.69, 9.17) is 18.7 Å². The number of ether oxygens (including phenoxy) is 3. The van der Waals surface area contributed by atoms with E-state index in [0.29, 0.717) is 41.6 Å². The molecule has 0 fully saturated rings. The van der Waals surface area contributed by atoms with Crippen LogP contribution in [0, 0.1) is 0 Å². The lowest BCUT2D eigenvalue weighted by atomic mass is 10.2. The van der Waals surface area contributed by atoms with Gasteiger partial charge in [-0.05, 0) is 30.7 Å². The van der Waals surface area contributed by atoms with Crippen LogP contribution in [0.5, 0.6) is 11.5 Å².